The third-order valence-corrected chi connectivity index (χ3v) is 4.21. The number of carbonyl (C=O) groups is 2. The predicted molar refractivity (Wildman–Crippen MR) is 97.3 cm³/mol. The van der Waals surface area contributed by atoms with Gasteiger partial charge < -0.3 is 10.5 Å². The summed E-state index contributed by atoms with van der Waals surface area (Å²) in [5.41, 5.74) is 6.59. The van der Waals surface area contributed by atoms with Crippen molar-refractivity contribution in [1.29, 1.82) is 0 Å². The molecule has 0 radical (unpaired) electrons. The summed E-state index contributed by atoms with van der Waals surface area (Å²) in [5.74, 6) is -0.769. The van der Waals surface area contributed by atoms with Crippen molar-refractivity contribution >= 4 is 23.1 Å². The lowest BCUT2D eigenvalue weighted by Crippen LogP contribution is -2.14. The molecule has 0 fully saturated rings. The highest BCUT2D eigenvalue weighted by atomic mass is 16.6. The number of Topliss-reactive ketones (excluding diaryl/α,β-unsaturated/α-hetero) is 1. The maximum Gasteiger partial charge on any atom is 0.338 e. The number of nitrogen functional groups attached to an aromatic ring is 1. The average Bonchev–Trinajstić information content (AvgIpc) is 2.65. The monoisotopic (exact) mass is 356 g/mol. The Kier molecular flexibility index (Phi) is 6.06. The topological polar surface area (TPSA) is 113 Å². The van der Waals surface area contributed by atoms with Crippen LogP contribution in [0.2, 0.25) is 0 Å². The highest BCUT2D eigenvalue weighted by Crippen LogP contribution is 2.23. The first-order chi connectivity index (χ1) is 12.3. The van der Waals surface area contributed by atoms with Gasteiger partial charge in [-0.25, -0.2) is 4.79 Å². The molecule has 7 heteroatoms. The van der Waals surface area contributed by atoms with E-state index in [1.807, 2.05) is 12.1 Å². The second kappa shape index (κ2) is 8.24. The summed E-state index contributed by atoms with van der Waals surface area (Å²) in [6.07, 6.45) is 0.999. The number of ether oxygens (including phenoxy) is 1. The molecular weight excluding hydrogens is 336 g/mol. The van der Waals surface area contributed by atoms with Crippen LogP contribution >= 0.6 is 0 Å². The highest BCUT2D eigenvalue weighted by molar-refractivity contribution is 5.99. The first kappa shape index (κ1) is 19.1. The van der Waals surface area contributed by atoms with Gasteiger partial charge in [0.25, 0.3) is 5.69 Å². The minimum Gasteiger partial charge on any atom is -0.454 e. The van der Waals surface area contributed by atoms with Crippen LogP contribution in [-0.4, -0.2) is 23.3 Å². The van der Waals surface area contributed by atoms with Crippen LogP contribution in [0.15, 0.2) is 42.5 Å². The summed E-state index contributed by atoms with van der Waals surface area (Å²) < 4.78 is 4.97. The molecule has 26 heavy (non-hydrogen) atoms. The first-order valence-corrected chi connectivity index (χ1v) is 8.17. The van der Waals surface area contributed by atoms with Gasteiger partial charge in [-0.1, -0.05) is 38.1 Å². The van der Waals surface area contributed by atoms with Crippen LogP contribution in [0.4, 0.5) is 11.4 Å². The van der Waals surface area contributed by atoms with Gasteiger partial charge in [0.1, 0.15) is 5.69 Å². The number of hydrogen-bond donors (Lipinski definition) is 1. The normalized spacial score (nSPS) is 11.6. The van der Waals surface area contributed by atoms with Gasteiger partial charge in [-0.15, -0.1) is 0 Å². The van der Waals surface area contributed by atoms with Gasteiger partial charge in [0.2, 0.25) is 0 Å². The van der Waals surface area contributed by atoms with Gasteiger partial charge >= 0.3 is 5.97 Å². The molecule has 0 bridgehead atoms. The smallest absolute Gasteiger partial charge is 0.338 e. The maximum atomic E-state index is 12.2. The number of nitro benzene ring substituents is 1. The van der Waals surface area contributed by atoms with E-state index in [0.717, 1.165) is 18.1 Å². The van der Waals surface area contributed by atoms with Crippen molar-refractivity contribution in [3.8, 4) is 0 Å². The fourth-order valence-corrected chi connectivity index (χ4v) is 2.36. The quantitative estimate of drug-likeness (QED) is 0.266. The molecule has 0 spiro atoms. The minimum absolute atomic E-state index is 0.0363. The van der Waals surface area contributed by atoms with E-state index in [4.69, 9.17) is 10.5 Å². The van der Waals surface area contributed by atoms with Crippen LogP contribution in [0, 0.1) is 10.1 Å². The third-order valence-electron chi connectivity index (χ3n) is 4.21. The van der Waals surface area contributed by atoms with Gasteiger partial charge in [0.05, 0.1) is 10.5 Å². The number of nitrogens with zero attached hydrogens (tertiary/aromatic N) is 1. The largest absolute Gasteiger partial charge is 0.454 e. The van der Waals surface area contributed by atoms with E-state index in [1.165, 1.54) is 12.1 Å². The molecule has 2 N–H and O–H groups in total. The third kappa shape index (κ3) is 4.44. The molecule has 0 aliphatic carbocycles. The van der Waals surface area contributed by atoms with E-state index < -0.39 is 17.5 Å². The van der Waals surface area contributed by atoms with Crippen molar-refractivity contribution in [2.45, 2.75) is 26.2 Å². The van der Waals surface area contributed by atoms with Crippen LogP contribution < -0.4 is 5.73 Å². The average molecular weight is 356 g/mol. The van der Waals surface area contributed by atoms with Crippen molar-refractivity contribution < 1.29 is 19.2 Å². The molecule has 1 atom stereocenters. The van der Waals surface area contributed by atoms with Gasteiger partial charge in [-0.2, -0.15) is 0 Å². The summed E-state index contributed by atoms with van der Waals surface area (Å²) in [6.45, 7) is 3.74. The number of nitro groups is 1. The van der Waals surface area contributed by atoms with E-state index >= 15 is 0 Å². The minimum atomic E-state index is -0.822. The van der Waals surface area contributed by atoms with E-state index in [2.05, 4.69) is 13.8 Å². The Morgan fingerprint density at radius 2 is 1.77 bits per heavy atom. The zero-order valence-corrected chi connectivity index (χ0v) is 14.6. The van der Waals surface area contributed by atoms with Crippen LogP contribution in [0.3, 0.4) is 0 Å². The lowest BCUT2D eigenvalue weighted by molar-refractivity contribution is -0.383. The molecule has 0 aliphatic rings. The number of rotatable bonds is 7. The Morgan fingerprint density at radius 1 is 1.15 bits per heavy atom. The zero-order valence-electron chi connectivity index (χ0n) is 14.6. The van der Waals surface area contributed by atoms with E-state index in [0.29, 0.717) is 11.5 Å². The molecule has 7 nitrogen and oxygen atoms in total. The molecular formula is C19H20N2O5. The molecule has 0 amide bonds. The van der Waals surface area contributed by atoms with Gasteiger partial charge in [0.15, 0.2) is 12.4 Å². The van der Waals surface area contributed by atoms with Crippen molar-refractivity contribution in [2.24, 2.45) is 0 Å². The number of ketones is 1. The van der Waals surface area contributed by atoms with E-state index in [1.54, 1.807) is 12.1 Å². The van der Waals surface area contributed by atoms with Gasteiger partial charge in [-0.05, 0) is 30.0 Å². The summed E-state index contributed by atoms with van der Waals surface area (Å²) in [7, 11) is 0. The van der Waals surface area contributed by atoms with Crippen molar-refractivity contribution in [2.75, 3.05) is 12.3 Å². The number of anilines is 1. The molecule has 2 aromatic carbocycles. The van der Waals surface area contributed by atoms with Crippen LogP contribution in [0.25, 0.3) is 0 Å². The molecule has 2 rings (SSSR count). The van der Waals surface area contributed by atoms with Crippen LogP contribution in [0.5, 0.6) is 0 Å². The first-order valence-electron chi connectivity index (χ1n) is 8.17. The number of nitrogens with two attached hydrogens (primary N) is 1. The standard InChI is InChI=1S/C19H20N2O5/c1-3-12(2)13-4-6-14(7-5-13)18(22)11-26-19(23)15-8-9-16(20)17(10-15)21(24)25/h4-10,12H,3,11,20H2,1-2H3/t12-/m1/s1. The summed E-state index contributed by atoms with van der Waals surface area (Å²) >= 11 is 0. The summed E-state index contributed by atoms with van der Waals surface area (Å²) in [6, 6.07) is 10.8. The Labute approximate surface area is 150 Å². The summed E-state index contributed by atoms with van der Waals surface area (Å²) in [4.78, 5) is 34.3. The van der Waals surface area contributed by atoms with Crippen LogP contribution in [-0.2, 0) is 4.74 Å². The van der Waals surface area contributed by atoms with Crippen molar-refractivity contribution in [3.05, 3.63) is 69.3 Å². The van der Waals surface area contributed by atoms with Gasteiger partial charge in [-0.3, -0.25) is 14.9 Å². The number of benzene rings is 2. The molecule has 2 aromatic rings. The van der Waals surface area contributed by atoms with Crippen molar-refractivity contribution in [1.82, 2.24) is 0 Å². The fraction of sp³-hybridized carbons (Fsp3) is 0.263. The van der Waals surface area contributed by atoms with Crippen molar-refractivity contribution in [3.63, 3.8) is 0 Å². The molecule has 0 heterocycles. The molecule has 0 saturated carbocycles. The lowest BCUT2D eigenvalue weighted by atomic mass is 9.97. The zero-order chi connectivity index (χ0) is 19.3. The highest BCUT2D eigenvalue weighted by Gasteiger charge is 2.18. The summed E-state index contributed by atoms with van der Waals surface area (Å²) in [5, 5.41) is 10.9. The van der Waals surface area contributed by atoms with Crippen LogP contribution in [0.1, 0.15) is 52.5 Å². The Bertz CT molecular complexity index is 830. The molecule has 0 aliphatic heterocycles. The number of carbonyl (C=O) groups excluding carboxylic acids is 2. The SMILES string of the molecule is CC[C@@H](C)c1ccc(C(=O)COC(=O)c2ccc(N)c([N+](=O)[O-])c2)cc1. The second-order valence-electron chi connectivity index (χ2n) is 5.96. The fourth-order valence-electron chi connectivity index (χ4n) is 2.36. The molecule has 0 saturated heterocycles. The van der Waals surface area contributed by atoms with E-state index in [9.17, 15) is 19.7 Å². The lowest BCUT2D eigenvalue weighted by Gasteiger charge is -2.09. The maximum absolute atomic E-state index is 12.2. The molecule has 0 unspecified atom stereocenters. The molecule has 0 aromatic heterocycles. The Morgan fingerprint density at radius 3 is 2.35 bits per heavy atom. The second-order valence-corrected chi connectivity index (χ2v) is 5.96. The van der Waals surface area contributed by atoms with Gasteiger partial charge in [0, 0.05) is 11.6 Å². The molecule has 136 valence electrons. The predicted octanol–water partition coefficient (Wildman–Crippen LogP) is 3.73. The number of esters is 1. The Hall–Kier alpha value is -3.22. The van der Waals surface area contributed by atoms with E-state index in [-0.39, 0.29) is 22.7 Å². The number of hydrogen-bond acceptors (Lipinski definition) is 6. The Balaban J connectivity index is 2.02.